The van der Waals surface area contributed by atoms with Crippen molar-refractivity contribution in [1.82, 2.24) is 9.27 Å². The Balaban J connectivity index is 1.82. The van der Waals surface area contributed by atoms with Crippen molar-refractivity contribution in [3.63, 3.8) is 0 Å². The first-order valence-corrected chi connectivity index (χ1v) is 8.50. The van der Waals surface area contributed by atoms with E-state index in [0.29, 0.717) is 17.4 Å². The molecule has 0 bridgehead atoms. The number of fused-ring (bicyclic) bond motifs is 1. The smallest absolute Gasteiger partial charge is 0.269 e. The van der Waals surface area contributed by atoms with Crippen molar-refractivity contribution in [1.29, 1.82) is 0 Å². The predicted molar refractivity (Wildman–Crippen MR) is 93.7 cm³/mol. The molecule has 1 N–H and O–H groups in total. The van der Waals surface area contributed by atoms with Crippen LogP contribution in [0.5, 0.6) is 0 Å². The van der Waals surface area contributed by atoms with Crippen LogP contribution in [0.4, 0.5) is 4.39 Å². The normalized spacial score (nSPS) is 12.2. The Morgan fingerprint density at radius 2 is 1.92 bits per heavy atom. The highest BCUT2D eigenvalue weighted by Gasteiger charge is 2.22. The van der Waals surface area contributed by atoms with E-state index in [0.717, 1.165) is 4.70 Å². The van der Waals surface area contributed by atoms with Crippen LogP contribution < -0.4 is 10.9 Å². The van der Waals surface area contributed by atoms with Gasteiger partial charge in [-0.05, 0) is 24.6 Å². The molecule has 1 amide bonds. The molecule has 2 aromatic carbocycles. The van der Waals surface area contributed by atoms with Crippen LogP contribution in [-0.2, 0) is 11.3 Å². The summed E-state index contributed by atoms with van der Waals surface area (Å²) < 4.78 is 16.0. The lowest BCUT2D eigenvalue weighted by atomic mass is 10.2. The van der Waals surface area contributed by atoms with Gasteiger partial charge in [-0.1, -0.05) is 48.8 Å². The number of halogens is 1. The van der Waals surface area contributed by atoms with E-state index in [1.165, 1.54) is 21.6 Å². The highest BCUT2D eigenvalue weighted by molar-refractivity contribution is 7.14. The topological polar surface area (TPSA) is 51.1 Å². The molecule has 0 radical (unpaired) electrons. The monoisotopic (exact) mass is 344 g/mol. The van der Waals surface area contributed by atoms with Crippen LogP contribution in [0, 0.1) is 5.82 Å². The van der Waals surface area contributed by atoms with Crippen LogP contribution in [0.1, 0.15) is 24.9 Å². The Morgan fingerprint density at radius 1 is 1.21 bits per heavy atom. The fourth-order valence-corrected chi connectivity index (χ4v) is 3.75. The van der Waals surface area contributed by atoms with Crippen LogP contribution in [0.2, 0.25) is 0 Å². The van der Waals surface area contributed by atoms with Gasteiger partial charge in [-0.25, -0.2) is 4.39 Å². The van der Waals surface area contributed by atoms with Gasteiger partial charge in [0.2, 0.25) is 5.91 Å². The fourth-order valence-electron chi connectivity index (χ4n) is 2.59. The lowest BCUT2D eigenvalue weighted by Crippen LogP contribution is -2.34. The number of rotatable bonds is 5. The second-order valence-electron chi connectivity index (χ2n) is 5.45. The van der Waals surface area contributed by atoms with Gasteiger partial charge >= 0.3 is 0 Å². The molecule has 6 heteroatoms. The van der Waals surface area contributed by atoms with Crippen LogP contribution in [0.3, 0.4) is 0 Å². The molecule has 3 aromatic rings. The third-order valence-electron chi connectivity index (χ3n) is 3.90. The maximum Gasteiger partial charge on any atom is 0.269 e. The lowest BCUT2D eigenvalue weighted by Gasteiger charge is -2.15. The third kappa shape index (κ3) is 3.10. The van der Waals surface area contributed by atoms with Crippen molar-refractivity contribution >= 4 is 27.5 Å². The van der Waals surface area contributed by atoms with Gasteiger partial charge in [0, 0.05) is 12.1 Å². The maximum atomic E-state index is 13.6. The zero-order valence-electron chi connectivity index (χ0n) is 13.2. The standard InChI is InChI=1S/C18H17FN2O2S/c1-2-15(17(22)20-11-12-7-3-5-9-14(12)19)21-18(23)13-8-4-6-10-16(13)24-21/h3-10,15H,2,11H2,1H3,(H,20,22). The first-order valence-electron chi connectivity index (χ1n) is 7.73. The average molecular weight is 344 g/mol. The number of nitrogens with one attached hydrogen (secondary N) is 1. The average Bonchev–Trinajstić information content (AvgIpc) is 2.92. The Morgan fingerprint density at radius 3 is 2.62 bits per heavy atom. The van der Waals surface area contributed by atoms with Gasteiger partial charge in [-0.3, -0.25) is 13.5 Å². The van der Waals surface area contributed by atoms with E-state index in [4.69, 9.17) is 0 Å². The molecule has 4 nitrogen and oxygen atoms in total. The van der Waals surface area contributed by atoms with Crippen LogP contribution >= 0.6 is 11.5 Å². The quantitative estimate of drug-likeness (QED) is 0.770. The summed E-state index contributed by atoms with van der Waals surface area (Å²) >= 11 is 1.28. The number of carbonyl (C=O) groups excluding carboxylic acids is 1. The molecule has 24 heavy (non-hydrogen) atoms. The van der Waals surface area contributed by atoms with Gasteiger partial charge in [0.1, 0.15) is 11.9 Å². The van der Waals surface area contributed by atoms with Gasteiger partial charge in [0.15, 0.2) is 0 Å². The van der Waals surface area contributed by atoms with Gasteiger partial charge in [-0.2, -0.15) is 0 Å². The summed E-state index contributed by atoms with van der Waals surface area (Å²) in [6.07, 6.45) is 0.482. The van der Waals surface area contributed by atoms with Crippen molar-refractivity contribution < 1.29 is 9.18 Å². The summed E-state index contributed by atoms with van der Waals surface area (Å²) in [6, 6.07) is 13.0. The second-order valence-corrected chi connectivity index (χ2v) is 6.47. The molecule has 0 saturated carbocycles. The Hall–Kier alpha value is -2.47. The van der Waals surface area contributed by atoms with E-state index in [2.05, 4.69) is 5.32 Å². The molecule has 0 aliphatic rings. The number of amides is 1. The van der Waals surface area contributed by atoms with Crippen molar-refractivity contribution in [3.8, 4) is 0 Å². The molecule has 124 valence electrons. The summed E-state index contributed by atoms with van der Waals surface area (Å²) in [7, 11) is 0. The summed E-state index contributed by atoms with van der Waals surface area (Å²) in [5.41, 5.74) is 0.257. The largest absolute Gasteiger partial charge is 0.350 e. The second kappa shape index (κ2) is 6.97. The maximum absolute atomic E-state index is 13.6. The van der Waals surface area contributed by atoms with E-state index in [1.807, 2.05) is 19.1 Å². The van der Waals surface area contributed by atoms with Crippen LogP contribution in [0.25, 0.3) is 10.1 Å². The number of nitrogens with zero attached hydrogens (tertiary/aromatic N) is 1. The molecule has 0 fully saturated rings. The van der Waals surface area contributed by atoms with Gasteiger partial charge in [-0.15, -0.1) is 0 Å². The van der Waals surface area contributed by atoms with Gasteiger partial charge in [0.05, 0.1) is 10.1 Å². The van der Waals surface area contributed by atoms with E-state index >= 15 is 0 Å². The molecule has 0 saturated heterocycles. The van der Waals surface area contributed by atoms with Gasteiger partial charge in [0.25, 0.3) is 5.56 Å². The van der Waals surface area contributed by atoms with E-state index < -0.39 is 6.04 Å². The number of aromatic nitrogens is 1. The first kappa shape index (κ1) is 16.4. The Labute approximate surface area is 142 Å². The molecule has 1 heterocycles. The minimum absolute atomic E-state index is 0.0989. The molecule has 1 aromatic heterocycles. The zero-order chi connectivity index (χ0) is 17.1. The summed E-state index contributed by atoms with van der Waals surface area (Å²) in [4.78, 5) is 25.0. The van der Waals surface area contributed by atoms with E-state index in [-0.39, 0.29) is 23.8 Å². The lowest BCUT2D eigenvalue weighted by molar-refractivity contribution is -0.124. The minimum Gasteiger partial charge on any atom is -0.350 e. The SMILES string of the molecule is CCC(C(=O)NCc1ccccc1F)n1sc2ccccc2c1=O. The Bertz CT molecular complexity index is 932. The minimum atomic E-state index is -0.596. The molecule has 1 atom stereocenters. The zero-order valence-corrected chi connectivity index (χ0v) is 14.0. The fraction of sp³-hybridized carbons (Fsp3) is 0.222. The Kier molecular flexibility index (Phi) is 4.76. The van der Waals surface area contributed by atoms with Crippen molar-refractivity contribution in [3.05, 3.63) is 70.3 Å². The third-order valence-corrected chi connectivity index (χ3v) is 5.07. The highest BCUT2D eigenvalue weighted by atomic mass is 32.1. The summed E-state index contributed by atoms with van der Waals surface area (Å²) in [6.45, 7) is 1.95. The van der Waals surface area contributed by atoms with Crippen LogP contribution in [0.15, 0.2) is 53.3 Å². The van der Waals surface area contributed by atoms with E-state index in [1.54, 1.807) is 30.3 Å². The van der Waals surface area contributed by atoms with E-state index in [9.17, 15) is 14.0 Å². The van der Waals surface area contributed by atoms with Crippen molar-refractivity contribution in [2.45, 2.75) is 25.9 Å². The number of benzene rings is 2. The number of hydrogen-bond donors (Lipinski definition) is 1. The molecule has 0 spiro atoms. The van der Waals surface area contributed by atoms with Crippen molar-refractivity contribution in [2.24, 2.45) is 0 Å². The van der Waals surface area contributed by atoms with Crippen molar-refractivity contribution in [2.75, 3.05) is 0 Å². The number of hydrogen-bond acceptors (Lipinski definition) is 3. The predicted octanol–water partition coefficient (Wildman–Crippen LogP) is 3.47. The summed E-state index contributed by atoms with van der Waals surface area (Å²) in [5, 5.41) is 3.34. The molecule has 0 aliphatic heterocycles. The molecular formula is C18H17FN2O2S. The molecular weight excluding hydrogens is 327 g/mol. The first-order chi connectivity index (χ1) is 11.6. The molecule has 1 unspecified atom stereocenters. The highest BCUT2D eigenvalue weighted by Crippen LogP contribution is 2.21. The van der Waals surface area contributed by atoms with Crippen LogP contribution in [-0.4, -0.2) is 9.86 Å². The number of carbonyl (C=O) groups is 1. The summed E-state index contributed by atoms with van der Waals surface area (Å²) in [5.74, 6) is -0.640. The van der Waals surface area contributed by atoms with Gasteiger partial charge < -0.3 is 5.32 Å². The molecule has 0 aliphatic carbocycles. The molecule has 3 rings (SSSR count).